The minimum atomic E-state index is -0.0506. The van der Waals surface area contributed by atoms with Gasteiger partial charge < -0.3 is 4.74 Å². The summed E-state index contributed by atoms with van der Waals surface area (Å²) in [4.78, 5) is 11.9. The van der Waals surface area contributed by atoms with Gasteiger partial charge in [-0.15, -0.1) is 5.10 Å². The third-order valence-corrected chi connectivity index (χ3v) is 2.93. The molecule has 5 nitrogen and oxygen atoms in total. The number of nitrogens with zero attached hydrogens (tertiary/aromatic N) is 3. The van der Waals surface area contributed by atoms with Gasteiger partial charge in [-0.3, -0.25) is 4.79 Å². The van der Waals surface area contributed by atoms with Gasteiger partial charge in [-0.05, 0) is 28.1 Å². The zero-order valence-electron chi connectivity index (χ0n) is 9.84. The molecule has 0 N–H and O–H groups in total. The summed E-state index contributed by atoms with van der Waals surface area (Å²) in [7, 11) is 1.68. The molecule has 0 aliphatic carbocycles. The lowest BCUT2D eigenvalue weighted by atomic mass is 10.2. The molecule has 2 aromatic rings. The second kappa shape index (κ2) is 5.77. The van der Waals surface area contributed by atoms with Crippen LogP contribution in [0.3, 0.4) is 0 Å². The first-order chi connectivity index (χ1) is 8.68. The Morgan fingerprint density at radius 1 is 1.39 bits per heavy atom. The van der Waals surface area contributed by atoms with Crippen molar-refractivity contribution in [2.75, 3.05) is 6.61 Å². The Labute approximate surface area is 113 Å². The fourth-order valence-electron chi connectivity index (χ4n) is 1.52. The number of rotatable bonds is 5. The van der Waals surface area contributed by atoms with Crippen molar-refractivity contribution in [3.05, 3.63) is 40.6 Å². The zero-order valence-corrected chi connectivity index (χ0v) is 11.4. The fourth-order valence-corrected chi connectivity index (χ4v) is 2.07. The second-order valence-electron chi connectivity index (χ2n) is 3.69. The lowest BCUT2D eigenvalue weighted by molar-refractivity contribution is 0.0952. The molecule has 1 aromatic carbocycles. The molecule has 18 heavy (non-hydrogen) atoms. The molecule has 0 radical (unpaired) electrons. The van der Waals surface area contributed by atoms with E-state index in [0.29, 0.717) is 16.9 Å². The maximum Gasteiger partial charge on any atom is 0.187 e. The molecule has 0 spiro atoms. The van der Waals surface area contributed by atoms with Crippen LogP contribution in [0.2, 0.25) is 0 Å². The Kier molecular flexibility index (Phi) is 4.09. The van der Waals surface area contributed by atoms with Crippen molar-refractivity contribution in [1.29, 1.82) is 0 Å². The minimum absolute atomic E-state index is 0.0506. The van der Waals surface area contributed by atoms with E-state index in [1.807, 2.05) is 30.3 Å². The standard InChI is InChI=1S/C12H12BrN3O2/c1-16-11(12(13)14-15-16)10(17)7-8-18-9-5-3-2-4-6-9/h2-6H,7-8H2,1H3. The summed E-state index contributed by atoms with van der Waals surface area (Å²) >= 11 is 3.20. The first kappa shape index (κ1) is 12.8. The maximum absolute atomic E-state index is 11.9. The molecule has 0 bridgehead atoms. The van der Waals surface area contributed by atoms with Crippen molar-refractivity contribution < 1.29 is 9.53 Å². The van der Waals surface area contributed by atoms with E-state index in [-0.39, 0.29) is 12.2 Å². The molecule has 94 valence electrons. The number of carbonyl (C=O) groups excluding carboxylic acids is 1. The molecule has 1 heterocycles. The molecule has 0 saturated carbocycles. The van der Waals surface area contributed by atoms with Crippen LogP contribution in [0.1, 0.15) is 16.9 Å². The van der Waals surface area contributed by atoms with Crippen molar-refractivity contribution >= 4 is 21.7 Å². The monoisotopic (exact) mass is 309 g/mol. The third kappa shape index (κ3) is 2.95. The van der Waals surface area contributed by atoms with E-state index < -0.39 is 0 Å². The van der Waals surface area contributed by atoms with E-state index in [4.69, 9.17) is 4.74 Å². The zero-order chi connectivity index (χ0) is 13.0. The number of halogens is 1. The summed E-state index contributed by atoms with van der Waals surface area (Å²) in [6.07, 6.45) is 0.286. The highest BCUT2D eigenvalue weighted by Gasteiger charge is 2.16. The van der Waals surface area contributed by atoms with Gasteiger partial charge in [-0.1, -0.05) is 23.4 Å². The van der Waals surface area contributed by atoms with Gasteiger partial charge in [-0.25, -0.2) is 4.68 Å². The Hall–Kier alpha value is -1.69. The Morgan fingerprint density at radius 2 is 2.11 bits per heavy atom. The van der Waals surface area contributed by atoms with Gasteiger partial charge in [0.2, 0.25) is 0 Å². The average molecular weight is 310 g/mol. The molecule has 0 atom stereocenters. The molecule has 2 rings (SSSR count). The summed E-state index contributed by atoms with van der Waals surface area (Å²) in [6.45, 7) is 0.334. The van der Waals surface area contributed by atoms with Crippen molar-refractivity contribution in [3.8, 4) is 5.75 Å². The van der Waals surface area contributed by atoms with Crippen molar-refractivity contribution in [1.82, 2.24) is 15.0 Å². The van der Waals surface area contributed by atoms with E-state index in [9.17, 15) is 4.79 Å². The van der Waals surface area contributed by atoms with Crippen molar-refractivity contribution in [2.45, 2.75) is 6.42 Å². The quantitative estimate of drug-likeness (QED) is 0.795. The van der Waals surface area contributed by atoms with Gasteiger partial charge in [0.25, 0.3) is 0 Å². The van der Waals surface area contributed by atoms with Gasteiger partial charge in [0.05, 0.1) is 6.61 Å². The molecule has 1 aromatic heterocycles. The van der Waals surface area contributed by atoms with Crippen LogP contribution in [0.15, 0.2) is 34.9 Å². The van der Waals surface area contributed by atoms with E-state index in [0.717, 1.165) is 5.75 Å². The molecule has 0 saturated heterocycles. The number of ketones is 1. The highest BCUT2D eigenvalue weighted by Crippen LogP contribution is 2.14. The smallest absolute Gasteiger partial charge is 0.187 e. The van der Waals surface area contributed by atoms with Gasteiger partial charge >= 0.3 is 0 Å². The van der Waals surface area contributed by atoms with Crippen LogP contribution >= 0.6 is 15.9 Å². The largest absolute Gasteiger partial charge is 0.493 e. The normalized spacial score (nSPS) is 10.3. The van der Waals surface area contributed by atoms with Crippen LogP contribution in [-0.2, 0) is 7.05 Å². The number of ether oxygens (including phenoxy) is 1. The number of aromatic nitrogens is 3. The number of benzene rings is 1. The first-order valence-electron chi connectivity index (χ1n) is 5.44. The summed E-state index contributed by atoms with van der Waals surface area (Å²) in [5.41, 5.74) is 0.465. The number of hydrogen-bond donors (Lipinski definition) is 0. The number of carbonyl (C=O) groups is 1. The minimum Gasteiger partial charge on any atom is -0.493 e. The molecular formula is C12H12BrN3O2. The Bertz CT molecular complexity index is 520. The lowest BCUT2D eigenvalue weighted by Crippen LogP contribution is -2.11. The first-order valence-corrected chi connectivity index (χ1v) is 6.24. The summed E-state index contributed by atoms with van der Waals surface area (Å²) in [5.74, 6) is 0.706. The lowest BCUT2D eigenvalue weighted by Gasteiger charge is -2.05. The van der Waals surface area contributed by atoms with Crippen LogP contribution in [0.25, 0.3) is 0 Å². The third-order valence-electron chi connectivity index (χ3n) is 2.39. The predicted octanol–water partition coefficient (Wildman–Crippen LogP) is 2.23. The molecule has 6 heteroatoms. The molecule has 0 fully saturated rings. The van der Waals surface area contributed by atoms with Gasteiger partial charge in [0, 0.05) is 13.5 Å². The van der Waals surface area contributed by atoms with Crippen LogP contribution < -0.4 is 4.74 Å². The van der Waals surface area contributed by atoms with Crippen molar-refractivity contribution in [2.24, 2.45) is 7.05 Å². The van der Waals surface area contributed by atoms with Gasteiger partial charge in [-0.2, -0.15) is 0 Å². The number of aryl methyl sites for hydroxylation is 1. The summed E-state index contributed by atoms with van der Waals surface area (Å²) < 4.78 is 7.39. The number of Topliss-reactive ketones (excluding diaryl/α,β-unsaturated/α-hetero) is 1. The molecule has 0 amide bonds. The fraction of sp³-hybridized carbons (Fsp3) is 0.250. The Balaban J connectivity index is 1.90. The van der Waals surface area contributed by atoms with E-state index >= 15 is 0 Å². The molecule has 0 unspecified atom stereocenters. The average Bonchev–Trinajstić information content (AvgIpc) is 2.70. The topological polar surface area (TPSA) is 57.0 Å². The maximum atomic E-state index is 11.9. The van der Waals surface area contributed by atoms with Crippen LogP contribution in [-0.4, -0.2) is 27.4 Å². The van der Waals surface area contributed by atoms with E-state index in [2.05, 4.69) is 26.2 Å². The van der Waals surface area contributed by atoms with Crippen LogP contribution in [0.4, 0.5) is 0 Å². The highest BCUT2D eigenvalue weighted by molar-refractivity contribution is 9.10. The Morgan fingerprint density at radius 3 is 2.72 bits per heavy atom. The summed E-state index contributed by atoms with van der Waals surface area (Å²) in [6, 6.07) is 9.39. The van der Waals surface area contributed by atoms with E-state index in [1.54, 1.807) is 7.05 Å². The number of hydrogen-bond acceptors (Lipinski definition) is 4. The second-order valence-corrected chi connectivity index (χ2v) is 4.44. The van der Waals surface area contributed by atoms with Crippen molar-refractivity contribution in [3.63, 3.8) is 0 Å². The van der Waals surface area contributed by atoms with Gasteiger partial charge in [0.1, 0.15) is 11.4 Å². The summed E-state index contributed by atoms with van der Waals surface area (Å²) in [5, 5.41) is 7.53. The van der Waals surface area contributed by atoms with E-state index in [1.165, 1.54) is 4.68 Å². The molecular weight excluding hydrogens is 298 g/mol. The van der Waals surface area contributed by atoms with Crippen LogP contribution in [0, 0.1) is 0 Å². The predicted molar refractivity (Wildman–Crippen MR) is 69.6 cm³/mol. The SMILES string of the molecule is Cn1nnc(Br)c1C(=O)CCOc1ccccc1. The molecule has 0 aliphatic heterocycles. The van der Waals surface area contributed by atoms with Gasteiger partial charge in [0.15, 0.2) is 10.4 Å². The van der Waals surface area contributed by atoms with Crippen LogP contribution in [0.5, 0.6) is 5.75 Å². The number of para-hydroxylation sites is 1. The highest BCUT2D eigenvalue weighted by atomic mass is 79.9. The molecule has 0 aliphatic rings.